The molecule has 3 heterocycles. The molecule has 0 saturated carbocycles. The first kappa shape index (κ1) is 22.6. The molecule has 2 aliphatic heterocycles. The van der Waals surface area contributed by atoms with Crippen LogP contribution in [0.4, 0.5) is 28.9 Å². The largest absolute Gasteiger partial charge is 0.419 e. The number of thiocarbonyl (C=S) groups is 1. The van der Waals surface area contributed by atoms with Crippen LogP contribution in [0.5, 0.6) is 0 Å². The van der Waals surface area contributed by atoms with Crippen molar-refractivity contribution in [3.05, 3.63) is 52.6 Å². The van der Waals surface area contributed by atoms with Gasteiger partial charge in [-0.15, -0.1) is 0 Å². The average molecular weight is 477 g/mol. The number of fused-ring (bicyclic) bond motifs is 2. The Balaban J connectivity index is 1.68. The van der Waals surface area contributed by atoms with E-state index >= 15 is 0 Å². The van der Waals surface area contributed by atoms with E-state index in [2.05, 4.69) is 10.3 Å². The number of hydrogen-bond acceptors (Lipinski definition) is 5. The van der Waals surface area contributed by atoms with Crippen LogP contribution in [-0.4, -0.2) is 32.9 Å². The number of carbonyl (C=O) groups excluding carboxylic acids is 2. The summed E-state index contributed by atoms with van der Waals surface area (Å²) in [6.45, 7) is 1.73. The summed E-state index contributed by atoms with van der Waals surface area (Å²) in [6, 6.07) is 3.93. The maximum absolute atomic E-state index is 14.5. The number of alkyl halides is 3. The summed E-state index contributed by atoms with van der Waals surface area (Å²) < 4.78 is 54.6. The van der Waals surface area contributed by atoms with Crippen molar-refractivity contribution < 1.29 is 27.2 Å². The monoisotopic (exact) mass is 477 g/mol. The molecular weight excluding hydrogens is 462 g/mol. The molecule has 33 heavy (non-hydrogen) atoms. The third kappa shape index (κ3) is 3.89. The van der Waals surface area contributed by atoms with Gasteiger partial charge in [-0.2, -0.15) is 18.4 Å². The maximum Gasteiger partial charge on any atom is 0.419 e. The van der Waals surface area contributed by atoms with Crippen molar-refractivity contribution in [1.82, 2.24) is 9.88 Å². The van der Waals surface area contributed by atoms with Gasteiger partial charge in [-0.05, 0) is 41.5 Å². The van der Waals surface area contributed by atoms with Gasteiger partial charge in [0.25, 0.3) is 5.91 Å². The minimum atomic E-state index is -4.85. The Morgan fingerprint density at radius 1 is 1.33 bits per heavy atom. The molecule has 0 spiro atoms. The molecule has 2 aliphatic rings. The number of aromatic nitrogens is 1. The van der Waals surface area contributed by atoms with Crippen LogP contribution in [0.2, 0.25) is 0 Å². The van der Waals surface area contributed by atoms with Crippen molar-refractivity contribution in [1.29, 1.82) is 5.26 Å². The number of benzene rings is 1. The van der Waals surface area contributed by atoms with Gasteiger partial charge in [0, 0.05) is 19.4 Å². The zero-order chi connectivity index (χ0) is 24.1. The molecule has 170 valence electrons. The van der Waals surface area contributed by atoms with Crippen molar-refractivity contribution in [3.8, 4) is 6.07 Å². The average Bonchev–Trinajstić information content (AvgIpc) is 3.01. The molecule has 0 radical (unpaired) electrons. The Morgan fingerprint density at radius 2 is 2.06 bits per heavy atom. The van der Waals surface area contributed by atoms with Crippen molar-refractivity contribution in [2.24, 2.45) is 0 Å². The number of halogens is 4. The molecule has 1 aromatic carbocycles. The highest BCUT2D eigenvalue weighted by Gasteiger charge is 2.46. The molecule has 4 rings (SSSR count). The molecular formula is C21H15F4N5O2S. The van der Waals surface area contributed by atoms with Gasteiger partial charge in [-0.3, -0.25) is 14.5 Å². The van der Waals surface area contributed by atoms with E-state index < -0.39 is 35.2 Å². The highest BCUT2D eigenvalue weighted by atomic mass is 32.1. The molecule has 1 atom stereocenters. The van der Waals surface area contributed by atoms with Crippen LogP contribution in [0, 0.1) is 17.1 Å². The van der Waals surface area contributed by atoms with E-state index in [9.17, 15) is 27.2 Å². The highest BCUT2D eigenvalue weighted by Crippen LogP contribution is 2.37. The van der Waals surface area contributed by atoms with Gasteiger partial charge in [0.2, 0.25) is 5.91 Å². The fourth-order valence-corrected chi connectivity index (χ4v) is 4.24. The lowest BCUT2D eigenvalue weighted by atomic mass is 9.94. The van der Waals surface area contributed by atoms with E-state index in [0.717, 1.165) is 11.1 Å². The molecule has 12 heteroatoms. The highest BCUT2D eigenvalue weighted by molar-refractivity contribution is 7.80. The van der Waals surface area contributed by atoms with Gasteiger partial charge in [-0.25, -0.2) is 9.37 Å². The summed E-state index contributed by atoms with van der Waals surface area (Å²) in [4.78, 5) is 30.8. The topological polar surface area (TPSA) is 89.3 Å². The first-order chi connectivity index (χ1) is 15.5. The standard InChI is InChI=1S/C21H15F4N5O2S/c1-2-18(31)28-15-4-11-9-29-17(5-10(11)3-14(15)22)19(32)30(20(29)33)12-6-13(21(23,24)25)16(7-26)27-8-12/h3-4,6,8,17H,2,5,9H2,1H3,(H,28,31). The van der Waals surface area contributed by atoms with E-state index in [1.807, 2.05) is 0 Å². The number of amides is 2. The first-order valence-electron chi connectivity index (χ1n) is 9.78. The van der Waals surface area contributed by atoms with Crippen LogP contribution in [0.3, 0.4) is 0 Å². The smallest absolute Gasteiger partial charge is 0.332 e. The fourth-order valence-electron chi connectivity index (χ4n) is 3.86. The predicted molar refractivity (Wildman–Crippen MR) is 112 cm³/mol. The van der Waals surface area contributed by atoms with Crippen molar-refractivity contribution in [2.75, 3.05) is 10.2 Å². The van der Waals surface area contributed by atoms with E-state index in [1.165, 1.54) is 23.1 Å². The fraction of sp³-hybridized carbons (Fsp3) is 0.286. The molecule has 0 bridgehead atoms. The van der Waals surface area contributed by atoms with Gasteiger partial charge in [0.05, 0.1) is 23.1 Å². The Labute approximate surface area is 190 Å². The Hall–Kier alpha value is -3.59. The summed E-state index contributed by atoms with van der Waals surface area (Å²) in [5, 5.41) is 11.4. The second-order valence-electron chi connectivity index (χ2n) is 7.51. The van der Waals surface area contributed by atoms with Gasteiger partial charge in [0.15, 0.2) is 10.8 Å². The number of nitrogens with one attached hydrogen (secondary N) is 1. The molecule has 2 aromatic rings. The van der Waals surface area contributed by atoms with Gasteiger partial charge in [0.1, 0.15) is 17.9 Å². The SMILES string of the molecule is CCC(=O)Nc1cc2c(cc1F)CC1C(=O)N(c3cnc(C#N)c(C(F)(F)F)c3)C(=S)N1C2. The zero-order valence-corrected chi connectivity index (χ0v) is 17.9. The third-order valence-electron chi connectivity index (χ3n) is 5.50. The minimum absolute atomic E-state index is 0.00143. The molecule has 1 aromatic heterocycles. The Morgan fingerprint density at radius 3 is 2.70 bits per heavy atom. The van der Waals surface area contributed by atoms with E-state index in [4.69, 9.17) is 17.5 Å². The molecule has 1 saturated heterocycles. The summed E-state index contributed by atoms with van der Waals surface area (Å²) in [5.41, 5.74) is -1.13. The number of pyridine rings is 1. The van der Waals surface area contributed by atoms with Crippen LogP contribution >= 0.6 is 12.2 Å². The lowest BCUT2D eigenvalue weighted by Crippen LogP contribution is -2.40. The zero-order valence-electron chi connectivity index (χ0n) is 17.0. The maximum atomic E-state index is 14.5. The number of hydrogen-bond donors (Lipinski definition) is 1. The summed E-state index contributed by atoms with van der Waals surface area (Å²) >= 11 is 5.38. The molecule has 1 fully saturated rings. The van der Waals surface area contributed by atoms with Crippen LogP contribution in [0.1, 0.15) is 35.7 Å². The van der Waals surface area contributed by atoms with Crippen molar-refractivity contribution >= 4 is 40.5 Å². The summed E-state index contributed by atoms with van der Waals surface area (Å²) in [7, 11) is 0. The number of nitrogens with zero attached hydrogens (tertiary/aromatic N) is 4. The quantitative estimate of drug-likeness (QED) is 0.538. The van der Waals surface area contributed by atoms with Crippen LogP contribution in [0.15, 0.2) is 24.4 Å². The Kier molecular flexibility index (Phi) is 5.53. The molecule has 1 unspecified atom stereocenters. The normalized spacial score (nSPS) is 17.5. The van der Waals surface area contributed by atoms with Gasteiger partial charge >= 0.3 is 6.18 Å². The molecule has 1 N–H and O–H groups in total. The summed E-state index contributed by atoms with van der Waals surface area (Å²) in [6.07, 6.45) is -3.61. The van der Waals surface area contributed by atoms with Crippen molar-refractivity contribution in [2.45, 2.75) is 38.5 Å². The predicted octanol–water partition coefficient (Wildman–Crippen LogP) is 3.52. The van der Waals surface area contributed by atoms with Crippen LogP contribution in [0.25, 0.3) is 0 Å². The second kappa shape index (κ2) is 8.08. The van der Waals surface area contributed by atoms with E-state index in [-0.39, 0.29) is 41.8 Å². The molecule has 0 aliphatic carbocycles. The molecule has 2 amide bonds. The van der Waals surface area contributed by atoms with Crippen molar-refractivity contribution in [3.63, 3.8) is 0 Å². The number of anilines is 2. The lowest BCUT2D eigenvalue weighted by molar-refractivity contribution is -0.138. The van der Waals surface area contributed by atoms with Gasteiger partial charge in [-0.1, -0.05) is 6.92 Å². The van der Waals surface area contributed by atoms with Gasteiger partial charge < -0.3 is 10.2 Å². The number of nitriles is 1. The summed E-state index contributed by atoms with van der Waals surface area (Å²) in [5.74, 6) is -1.59. The van der Waals surface area contributed by atoms with Crippen LogP contribution in [-0.2, 0) is 28.7 Å². The molecule has 7 nitrogen and oxygen atoms in total. The van der Waals surface area contributed by atoms with E-state index in [0.29, 0.717) is 17.2 Å². The van der Waals surface area contributed by atoms with E-state index in [1.54, 1.807) is 6.92 Å². The minimum Gasteiger partial charge on any atom is -0.332 e. The van der Waals surface area contributed by atoms with Crippen LogP contribution < -0.4 is 10.2 Å². The Bertz CT molecular complexity index is 1240. The third-order valence-corrected chi connectivity index (χ3v) is 5.92. The second-order valence-corrected chi connectivity index (χ2v) is 7.87. The number of carbonyl (C=O) groups is 2. The first-order valence-corrected chi connectivity index (χ1v) is 10.2. The number of rotatable bonds is 3. The lowest BCUT2D eigenvalue weighted by Gasteiger charge is -2.30.